The minimum Gasteiger partial charge on any atom is -0.334 e. The third-order valence-corrected chi connectivity index (χ3v) is 3.54. The van der Waals surface area contributed by atoms with Crippen molar-refractivity contribution in [3.8, 4) is 11.5 Å². The molecule has 1 heterocycles. The second kappa shape index (κ2) is 6.44. The highest BCUT2D eigenvalue weighted by molar-refractivity contribution is 6.05. The van der Waals surface area contributed by atoms with Gasteiger partial charge in [0.25, 0.3) is 11.8 Å². The zero-order valence-corrected chi connectivity index (χ0v) is 13.0. The number of nitrogens with zero attached hydrogens (tertiary/aromatic N) is 2. The summed E-state index contributed by atoms with van der Waals surface area (Å²) in [6.45, 7) is 3.88. The molecule has 5 nitrogen and oxygen atoms in total. The van der Waals surface area contributed by atoms with E-state index in [9.17, 15) is 4.79 Å². The minimum absolute atomic E-state index is 0.139. The van der Waals surface area contributed by atoms with Gasteiger partial charge >= 0.3 is 0 Å². The summed E-state index contributed by atoms with van der Waals surface area (Å²) in [4.78, 5) is 16.7. The van der Waals surface area contributed by atoms with Gasteiger partial charge < -0.3 is 9.84 Å². The Kier molecular flexibility index (Phi) is 4.19. The van der Waals surface area contributed by atoms with Crippen molar-refractivity contribution in [2.24, 2.45) is 0 Å². The molecule has 0 bridgehead atoms. The van der Waals surface area contributed by atoms with Crippen LogP contribution in [0.5, 0.6) is 0 Å². The van der Waals surface area contributed by atoms with E-state index in [4.69, 9.17) is 4.52 Å². The second-order valence-electron chi connectivity index (χ2n) is 5.22. The fourth-order valence-corrected chi connectivity index (χ4v) is 2.27. The molecule has 0 aliphatic heterocycles. The number of benzene rings is 2. The third kappa shape index (κ3) is 3.29. The van der Waals surface area contributed by atoms with Crippen LogP contribution in [0.3, 0.4) is 0 Å². The highest BCUT2D eigenvalue weighted by Gasteiger charge is 2.11. The highest BCUT2D eigenvalue weighted by Crippen LogP contribution is 2.22. The number of rotatable bonds is 4. The van der Waals surface area contributed by atoms with Gasteiger partial charge in [0.05, 0.1) is 0 Å². The molecule has 1 amide bonds. The van der Waals surface area contributed by atoms with E-state index in [2.05, 4.69) is 15.5 Å². The Labute approximate surface area is 134 Å². The minimum atomic E-state index is -0.139. The van der Waals surface area contributed by atoms with Gasteiger partial charge in [-0.15, -0.1) is 0 Å². The van der Waals surface area contributed by atoms with Gasteiger partial charge in [-0.2, -0.15) is 4.98 Å². The number of anilines is 1. The lowest BCUT2D eigenvalue weighted by atomic mass is 10.1. The molecule has 0 saturated heterocycles. The molecule has 3 rings (SSSR count). The maximum atomic E-state index is 12.4. The molecule has 0 atom stereocenters. The Hall–Kier alpha value is -2.95. The number of hydrogen-bond donors (Lipinski definition) is 1. The molecule has 1 aromatic heterocycles. The molecule has 0 aliphatic rings. The predicted octanol–water partition coefficient (Wildman–Crippen LogP) is 3.86. The lowest BCUT2D eigenvalue weighted by Gasteiger charge is -2.08. The molecule has 0 fully saturated rings. The van der Waals surface area contributed by atoms with Crippen LogP contribution in [-0.4, -0.2) is 16.0 Å². The standard InChI is InChI=1S/C18H17N3O2/c1-3-16-20-18(23-21-16)13-8-6-9-14(11-13)19-17(22)15-10-5-4-7-12(15)2/h4-11H,3H2,1-2H3,(H,19,22). The first kappa shape index (κ1) is 15.0. The molecule has 3 aromatic rings. The Morgan fingerprint density at radius 2 is 2.00 bits per heavy atom. The van der Waals surface area contributed by atoms with Crippen LogP contribution in [0.4, 0.5) is 5.69 Å². The number of nitrogens with one attached hydrogen (secondary N) is 1. The van der Waals surface area contributed by atoms with E-state index in [0.717, 1.165) is 11.1 Å². The Balaban J connectivity index is 1.83. The summed E-state index contributed by atoms with van der Waals surface area (Å²) >= 11 is 0. The topological polar surface area (TPSA) is 68.0 Å². The van der Waals surface area contributed by atoms with E-state index >= 15 is 0 Å². The van der Waals surface area contributed by atoms with Crippen molar-refractivity contribution in [3.63, 3.8) is 0 Å². The number of carbonyl (C=O) groups is 1. The first-order valence-corrected chi connectivity index (χ1v) is 7.47. The molecular formula is C18H17N3O2. The molecule has 1 N–H and O–H groups in total. The summed E-state index contributed by atoms with van der Waals surface area (Å²) in [5.74, 6) is 0.975. The summed E-state index contributed by atoms with van der Waals surface area (Å²) in [7, 11) is 0. The van der Waals surface area contributed by atoms with Crippen LogP contribution in [0.1, 0.15) is 28.7 Å². The van der Waals surface area contributed by atoms with Crippen molar-refractivity contribution in [1.82, 2.24) is 10.1 Å². The third-order valence-electron chi connectivity index (χ3n) is 3.54. The zero-order chi connectivity index (χ0) is 16.2. The van der Waals surface area contributed by atoms with E-state index < -0.39 is 0 Å². The molecule has 2 aromatic carbocycles. The van der Waals surface area contributed by atoms with E-state index in [-0.39, 0.29) is 5.91 Å². The van der Waals surface area contributed by atoms with Crippen LogP contribution in [0.15, 0.2) is 53.1 Å². The van der Waals surface area contributed by atoms with Crippen LogP contribution in [0, 0.1) is 6.92 Å². The summed E-state index contributed by atoms with van der Waals surface area (Å²) in [5, 5.41) is 6.79. The quantitative estimate of drug-likeness (QED) is 0.794. The summed E-state index contributed by atoms with van der Waals surface area (Å²) in [6, 6.07) is 14.8. The molecule has 0 spiro atoms. The molecule has 23 heavy (non-hydrogen) atoms. The molecule has 0 radical (unpaired) electrons. The normalized spacial score (nSPS) is 10.5. The van der Waals surface area contributed by atoms with Crippen molar-refractivity contribution in [3.05, 3.63) is 65.5 Å². The fraction of sp³-hybridized carbons (Fsp3) is 0.167. The SMILES string of the molecule is CCc1noc(-c2cccc(NC(=O)c3ccccc3C)c2)n1. The maximum Gasteiger partial charge on any atom is 0.257 e. The first-order chi connectivity index (χ1) is 11.2. The van der Waals surface area contributed by atoms with E-state index in [0.29, 0.717) is 29.4 Å². The van der Waals surface area contributed by atoms with Gasteiger partial charge in [0, 0.05) is 23.2 Å². The zero-order valence-electron chi connectivity index (χ0n) is 13.0. The Bertz CT molecular complexity index is 840. The lowest BCUT2D eigenvalue weighted by molar-refractivity contribution is 0.102. The van der Waals surface area contributed by atoms with Crippen molar-refractivity contribution in [2.45, 2.75) is 20.3 Å². The number of aryl methyl sites for hydroxylation is 2. The van der Waals surface area contributed by atoms with E-state index in [1.807, 2.05) is 56.3 Å². The fourth-order valence-electron chi connectivity index (χ4n) is 2.27. The van der Waals surface area contributed by atoms with E-state index in [1.54, 1.807) is 6.07 Å². The lowest BCUT2D eigenvalue weighted by Crippen LogP contribution is -2.13. The number of aromatic nitrogens is 2. The first-order valence-electron chi connectivity index (χ1n) is 7.47. The highest BCUT2D eigenvalue weighted by atomic mass is 16.5. The number of carbonyl (C=O) groups excluding carboxylic acids is 1. The number of hydrogen-bond acceptors (Lipinski definition) is 4. The van der Waals surface area contributed by atoms with Gasteiger partial charge in [0.1, 0.15) is 0 Å². The average molecular weight is 307 g/mol. The van der Waals surface area contributed by atoms with Gasteiger partial charge in [0.2, 0.25) is 0 Å². The summed E-state index contributed by atoms with van der Waals surface area (Å²) in [6.07, 6.45) is 0.715. The molecule has 116 valence electrons. The van der Waals surface area contributed by atoms with Gasteiger partial charge in [-0.3, -0.25) is 4.79 Å². The van der Waals surface area contributed by atoms with Crippen LogP contribution in [-0.2, 0) is 6.42 Å². The van der Waals surface area contributed by atoms with Crippen molar-refractivity contribution < 1.29 is 9.32 Å². The van der Waals surface area contributed by atoms with Gasteiger partial charge in [-0.25, -0.2) is 0 Å². The largest absolute Gasteiger partial charge is 0.334 e. The van der Waals surface area contributed by atoms with Crippen LogP contribution in [0.2, 0.25) is 0 Å². The maximum absolute atomic E-state index is 12.4. The van der Waals surface area contributed by atoms with Crippen LogP contribution >= 0.6 is 0 Å². The summed E-state index contributed by atoms with van der Waals surface area (Å²) in [5.41, 5.74) is 3.06. The van der Waals surface area contributed by atoms with Crippen molar-refractivity contribution in [2.75, 3.05) is 5.32 Å². The Morgan fingerprint density at radius 1 is 1.17 bits per heavy atom. The second-order valence-corrected chi connectivity index (χ2v) is 5.22. The predicted molar refractivity (Wildman–Crippen MR) is 88.2 cm³/mol. The molecule has 0 aliphatic carbocycles. The summed E-state index contributed by atoms with van der Waals surface area (Å²) < 4.78 is 5.23. The van der Waals surface area contributed by atoms with Gasteiger partial charge in [-0.05, 0) is 36.8 Å². The van der Waals surface area contributed by atoms with Gasteiger partial charge in [-0.1, -0.05) is 36.3 Å². The molecular weight excluding hydrogens is 290 g/mol. The molecule has 5 heteroatoms. The van der Waals surface area contributed by atoms with Crippen molar-refractivity contribution in [1.29, 1.82) is 0 Å². The molecule has 0 saturated carbocycles. The van der Waals surface area contributed by atoms with Gasteiger partial charge in [0.15, 0.2) is 5.82 Å². The Morgan fingerprint density at radius 3 is 2.74 bits per heavy atom. The van der Waals surface area contributed by atoms with Crippen LogP contribution < -0.4 is 5.32 Å². The number of amides is 1. The monoisotopic (exact) mass is 307 g/mol. The van der Waals surface area contributed by atoms with Crippen LogP contribution in [0.25, 0.3) is 11.5 Å². The van der Waals surface area contributed by atoms with E-state index in [1.165, 1.54) is 0 Å². The smallest absolute Gasteiger partial charge is 0.257 e. The average Bonchev–Trinajstić information content (AvgIpc) is 3.04. The van der Waals surface area contributed by atoms with Crippen molar-refractivity contribution >= 4 is 11.6 Å². The molecule has 0 unspecified atom stereocenters.